The monoisotopic (exact) mass is 184 g/mol. The maximum Gasteiger partial charge on any atom is 0.241 e. The summed E-state index contributed by atoms with van der Waals surface area (Å²) >= 11 is 1.60. The number of hydrogen-bond donors (Lipinski definition) is 0. The Balaban J connectivity index is 2.22. The topological polar surface area (TPSA) is 32.7 Å². The summed E-state index contributed by atoms with van der Waals surface area (Å²) in [6.45, 7) is 3.71. The fraction of sp³-hybridized carbons (Fsp3) is 0.750. The lowest BCUT2D eigenvalue weighted by atomic mass is 10.3. The molecule has 1 unspecified atom stereocenters. The summed E-state index contributed by atoms with van der Waals surface area (Å²) in [4.78, 5) is 17.7. The van der Waals surface area contributed by atoms with E-state index in [4.69, 9.17) is 0 Å². The van der Waals surface area contributed by atoms with Gasteiger partial charge >= 0.3 is 0 Å². The van der Waals surface area contributed by atoms with E-state index in [9.17, 15) is 4.79 Å². The first-order valence-corrected chi connectivity index (χ1v) is 5.19. The van der Waals surface area contributed by atoms with Gasteiger partial charge in [0.1, 0.15) is 0 Å². The largest absolute Gasteiger partial charge is 0.291 e. The van der Waals surface area contributed by atoms with Gasteiger partial charge in [0.25, 0.3) is 0 Å². The minimum absolute atomic E-state index is 0.0850. The van der Waals surface area contributed by atoms with Crippen LogP contribution in [0.15, 0.2) is 4.99 Å². The summed E-state index contributed by atoms with van der Waals surface area (Å²) in [5, 5.41) is 1.03. The fourth-order valence-electron chi connectivity index (χ4n) is 1.47. The van der Waals surface area contributed by atoms with Crippen LogP contribution >= 0.6 is 11.8 Å². The van der Waals surface area contributed by atoms with Crippen LogP contribution in [0.1, 0.15) is 19.8 Å². The third-order valence-corrected chi connectivity index (χ3v) is 3.28. The minimum atomic E-state index is 0.0850. The number of carbonyl (C=O) groups excluding carboxylic acids is 1. The number of carbonyl (C=O) groups is 1. The summed E-state index contributed by atoms with van der Waals surface area (Å²) in [7, 11) is 0. The molecule has 0 N–H and O–H groups in total. The number of aliphatic imine (C=N–C) groups is 1. The molecular formula is C8H12N2OS. The molecule has 0 bridgehead atoms. The van der Waals surface area contributed by atoms with Crippen molar-refractivity contribution in [1.29, 1.82) is 0 Å². The van der Waals surface area contributed by atoms with Crippen LogP contribution in [0.4, 0.5) is 0 Å². The molecule has 2 aliphatic heterocycles. The van der Waals surface area contributed by atoms with Gasteiger partial charge in [0.15, 0.2) is 5.17 Å². The molecule has 1 saturated heterocycles. The maximum absolute atomic E-state index is 11.5. The number of hydrogen-bond acceptors (Lipinski definition) is 3. The number of amidine groups is 1. The van der Waals surface area contributed by atoms with Gasteiger partial charge in [-0.05, 0) is 19.8 Å². The summed E-state index contributed by atoms with van der Waals surface area (Å²) in [6, 6.07) is 0. The first kappa shape index (κ1) is 8.10. The molecule has 0 aromatic carbocycles. The molecule has 2 heterocycles. The molecular weight excluding hydrogens is 172 g/mol. The van der Waals surface area contributed by atoms with Crippen LogP contribution in [-0.2, 0) is 4.79 Å². The molecule has 3 nitrogen and oxygen atoms in total. The predicted octanol–water partition coefficient (Wildman–Crippen LogP) is 1.10. The molecule has 0 aromatic rings. The zero-order valence-electron chi connectivity index (χ0n) is 7.12. The van der Waals surface area contributed by atoms with Crippen molar-refractivity contribution in [2.45, 2.75) is 25.0 Å². The molecule has 0 aromatic heterocycles. The second-order valence-electron chi connectivity index (χ2n) is 3.12. The number of thioether (sulfide) groups is 1. The molecule has 1 fully saturated rings. The van der Waals surface area contributed by atoms with Gasteiger partial charge < -0.3 is 0 Å². The average Bonchev–Trinajstić information content (AvgIpc) is 2.30. The van der Waals surface area contributed by atoms with E-state index in [0.717, 1.165) is 31.1 Å². The van der Waals surface area contributed by atoms with E-state index in [-0.39, 0.29) is 11.2 Å². The van der Waals surface area contributed by atoms with Crippen molar-refractivity contribution in [2.75, 3.05) is 13.1 Å². The second-order valence-corrected chi connectivity index (χ2v) is 4.43. The highest BCUT2D eigenvalue weighted by molar-refractivity contribution is 8.15. The molecule has 0 radical (unpaired) electrons. The molecule has 0 saturated carbocycles. The van der Waals surface area contributed by atoms with Gasteiger partial charge in [-0.15, -0.1) is 0 Å². The number of fused-ring (bicyclic) bond motifs is 1. The molecule has 66 valence electrons. The summed E-state index contributed by atoms with van der Waals surface area (Å²) in [5.74, 6) is 0.237. The number of amides is 1. The highest BCUT2D eigenvalue weighted by atomic mass is 32.2. The van der Waals surface area contributed by atoms with Gasteiger partial charge in [-0.3, -0.25) is 14.7 Å². The van der Waals surface area contributed by atoms with Gasteiger partial charge in [-0.25, -0.2) is 0 Å². The number of rotatable bonds is 0. The Morgan fingerprint density at radius 2 is 2.42 bits per heavy atom. The highest BCUT2D eigenvalue weighted by Crippen LogP contribution is 2.28. The van der Waals surface area contributed by atoms with Gasteiger partial charge in [0.2, 0.25) is 5.91 Å². The molecule has 2 rings (SSSR count). The van der Waals surface area contributed by atoms with Crippen molar-refractivity contribution < 1.29 is 4.79 Å². The fourth-order valence-corrected chi connectivity index (χ4v) is 2.49. The number of nitrogens with zero attached hydrogens (tertiary/aromatic N) is 2. The van der Waals surface area contributed by atoms with Crippen molar-refractivity contribution in [3.63, 3.8) is 0 Å². The van der Waals surface area contributed by atoms with Crippen molar-refractivity contribution in [3.05, 3.63) is 0 Å². The van der Waals surface area contributed by atoms with Gasteiger partial charge in [-0.1, -0.05) is 11.8 Å². The van der Waals surface area contributed by atoms with E-state index < -0.39 is 0 Å². The molecule has 0 spiro atoms. The van der Waals surface area contributed by atoms with E-state index in [0.29, 0.717) is 0 Å². The van der Waals surface area contributed by atoms with Crippen LogP contribution in [0.3, 0.4) is 0 Å². The van der Waals surface area contributed by atoms with E-state index in [1.807, 2.05) is 11.8 Å². The summed E-state index contributed by atoms with van der Waals surface area (Å²) < 4.78 is 0. The molecule has 1 atom stereocenters. The van der Waals surface area contributed by atoms with Gasteiger partial charge in [0.05, 0.1) is 5.25 Å². The Kier molecular flexibility index (Phi) is 2.09. The van der Waals surface area contributed by atoms with Crippen molar-refractivity contribution >= 4 is 22.8 Å². The Labute approximate surface area is 76.2 Å². The third kappa shape index (κ3) is 1.24. The zero-order valence-corrected chi connectivity index (χ0v) is 7.93. The van der Waals surface area contributed by atoms with Crippen LogP contribution in [0.5, 0.6) is 0 Å². The molecule has 0 aliphatic carbocycles. The van der Waals surface area contributed by atoms with E-state index >= 15 is 0 Å². The van der Waals surface area contributed by atoms with Gasteiger partial charge in [0, 0.05) is 13.1 Å². The van der Waals surface area contributed by atoms with E-state index in [1.54, 1.807) is 11.8 Å². The highest BCUT2D eigenvalue weighted by Gasteiger charge is 2.34. The Morgan fingerprint density at radius 1 is 1.58 bits per heavy atom. The normalized spacial score (nSPS) is 29.8. The lowest BCUT2D eigenvalue weighted by Crippen LogP contribution is -2.31. The predicted molar refractivity (Wildman–Crippen MR) is 50.3 cm³/mol. The summed E-state index contributed by atoms with van der Waals surface area (Å²) in [5.41, 5.74) is 0. The minimum Gasteiger partial charge on any atom is -0.291 e. The van der Waals surface area contributed by atoms with Gasteiger partial charge in [-0.2, -0.15) is 0 Å². The van der Waals surface area contributed by atoms with Crippen LogP contribution < -0.4 is 0 Å². The lowest BCUT2D eigenvalue weighted by Gasteiger charge is -2.12. The zero-order chi connectivity index (χ0) is 8.55. The first-order chi connectivity index (χ1) is 5.79. The SMILES string of the molecule is CC1SC2=NCCCCN2C1=O. The second kappa shape index (κ2) is 3.09. The van der Waals surface area contributed by atoms with Crippen LogP contribution in [0.25, 0.3) is 0 Å². The van der Waals surface area contributed by atoms with Crippen LogP contribution in [0.2, 0.25) is 0 Å². The Hall–Kier alpha value is -0.510. The first-order valence-electron chi connectivity index (χ1n) is 4.31. The van der Waals surface area contributed by atoms with E-state index in [2.05, 4.69) is 4.99 Å². The molecule has 2 aliphatic rings. The van der Waals surface area contributed by atoms with E-state index in [1.165, 1.54) is 0 Å². The Bertz CT molecular complexity index is 239. The average molecular weight is 184 g/mol. The molecule has 4 heteroatoms. The smallest absolute Gasteiger partial charge is 0.241 e. The van der Waals surface area contributed by atoms with Crippen molar-refractivity contribution in [1.82, 2.24) is 4.90 Å². The standard InChI is InChI=1S/C8H12N2OS/c1-6-7(11)10-5-3-2-4-9-8(10)12-6/h6H,2-5H2,1H3. The van der Waals surface area contributed by atoms with Crippen LogP contribution in [-0.4, -0.2) is 34.3 Å². The van der Waals surface area contributed by atoms with Crippen molar-refractivity contribution in [2.24, 2.45) is 4.99 Å². The molecule has 12 heavy (non-hydrogen) atoms. The van der Waals surface area contributed by atoms with Crippen molar-refractivity contribution in [3.8, 4) is 0 Å². The quantitative estimate of drug-likeness (QED) is 0.564. The van der Waals surface area contributed by atoms with Crippen LogP contribution in [0, 0.1) is 0 Å². The third-order valence-electron chi connectivity index (χ3n) is 2.16. The maximum atomic E-state index is 11.5. The Morgan fingerprint density at radius 3 is 3.25 bits per heavy atom. The lowest BCUT2D eigenvalue weighted by molar-refractivity contribution is -0.125. The molecule has 1 amide bonds. The summed E-state index contributed by atoms with van der Waals surface area (Å²) in [6.07, 6.45) is 2.20.